The van der Waals surface area contributed by atoms with E-state index in [9.17, 15) is 9.59 Å². The number of carbonyl (C=O) groups excluding carboxylic acids is 1. The Labute approximate surface area is 155 Å². The minimum absolute atomic E-state index is 0.0572. The Morgan fingerprint density at radius 1 is 1.23 bits per heavy atom. The summed E-state index contributed by atoms with van der Waals surface area (Å²) in [4.78, 5) is 27.1. The summed E-state index contributed by atoms with van der Waals surface area (Å²) in [5.74, 6) is -0.809. The molecule has 1 aromatic rings. The van der Waals surface area contributed by atoms with Crippen LogP contribution in [-0.2, 0) is 4.79 Å². The minimum Gasteiger partial charge on any atom is -0.480 e. The van der Waals surface area contributed by atoms with Crippen LogP contribution in [0.1, 0.15) is 31.4 Å². The van der Waals surface area contributed by atoms with Crippen LogP contribution in [0.3, 0.4) is 0 Å². The molecule has 1 saturated carbocycles. The predicted molar refractivity (Wildman–Crippen MR) is 101 cm³/mol. The number of carboxylic acids is 1. The molecule has 0 radical (unpaired) electrons. The van der Waals surface area contributed by atoms with Gasteiger partial charge in [-0.3, -0.25) is 9.69 Å². The van der Waals surface area contributed by atoms with Crippen LogP contribution < -0.4 is 10.6 Å². The van der Waals surface area contributed by atoms with Crippen molar-refractivity contribution in [1.29, 1.82) is 0 Å². The average Bonchev–Trinajstić information content (AvgIpc) is 2.56. The van der Waals surface area contributed by atoms with Crippen LogP contribution in [0.2, 0.25) is 0 Å². The van der Waals surface area contributed by atoms with E-state index in [-0.39, 0.29) is 30.7 Å². The molecule has 3 N–H and O–H groups in total. The van der Waals surface area contributed by atoms with Crippen molar-refractivity contribution in [2.24, 2.45) is 0 Å². The van der Waals surface area contributed by atoms with Crippen LogP contribution in [0.25, 0.3) is 0 Å². The monoisotopic (exact) mass is 362 g/mol. The maximum absolute atomic E-state index is 12.2. The molecule has 0 spiro atoms. The van der Waals surface area contributed by atoms with E-state index in [0.717, 1.165) is 18.4 Å². The topological polar surface area (TPSA) is 84.9 Å². The molecule has 7 heteroatoms. The molecular weight excluding hydrogens is 332 g/mol. The van der Waals surface area contributed by atoms with Gasteiger partial charge in [0.25, 0.3) is 0 Å². The van der Waals surface area contributed by atoms with Gasteiger partial charge in [-0.15, -0.1) is 0 Å². The van der Waals surface area contributed by atoms with Gasteiger partial charge in [0.15, 0.2) is 0 Å². The number of benzene rings is 1. The lowest BCUT2D eigenvalue weighted by Gasteiger charge is -2.42. The molecule has 1 aliphatic rings. The SMILES string of the molecule is CCN(CC(=O)O)C1CC(NC(=O)NCC(c2ccccc2)N(C)C)C1. The zero-order chi connectivity index (χ0) is 19.1. The van der Waals surface area contributed by atoms with Crippen molar-refractivity contribution in [1.82, 2.24) is 20.4 Å². The molecule has 7 nitrogen and oxygen atoms in total. The van der Waals surface area contributed by atoms with Crippen LogP contribution in [0.4, 0.5) is 4.79 Å². The van der Waals surface area contributed by atoms with Crippen LogP contribution in [0, 0.1) is 0 Å². The number of amides is 2. The van der Waals surface area contributed by atoms with Crippen LogP contribution in [0.15, 0.2) is 30.3 Å². The van der Waals surface area contributed by atoms with Crippen LogP contribution >= 0.6 is 0 Å². The standard InChI is InChI=1S/C19H30N4O3/c1-4-23(13-18(24)25)16-10-15(11-16)21-19(26)20-12-17(22(2)3)14-8-6-5-7-9-14/h5-9,15-17H,4,10-13H2,1-3H3,(H,24,25)(H2,20,21,26). The Bertz CT molecular complexity index is 588. The summed E-state index contributed by atoms with van der Waals surface area (Å²) in [7, 11) is 3.99. The van der Waals surface area contributed by atoms with Gasteiger partial charge in [0.05, 0.1) is 12.6 Å². The third-order valence-corrected chi connectivity index (χ3v) is 4.97. The molecule has 0 bridgehead atoms. The molecule has 1 aliphatic carbocycles. The zero-order valence-electron chi connectivity index (χ0n) is 15.8. The van der Waals surface area contributed by atoms with Gasteiger partial charge >= 0.3 is 12.0 Å². The second kappa shape index (κ2) is 9.54. The summed E-state index contributed by atoms with van der Waals surface area (Å²) >= 11 is 0. The van der Waals surface area contributed by atoms with E-state index in [4.69, 9.17) is 5.11 Å². The summed E-state index contributed by atoms with van der Waals surface area (Å²) < 4.78 is 0. The first-order valence-corrected chi connectivity index (χ1v) is 9.12. The molecule has 0 aromatic heterocycles. The Morgan fingerprint density at radius 2 is 1.88 bits per heavy atom. The molecule has 1 atom stereocenters. The zero-order valence-corrected chi connectivity index (χ0v) is 15.8. The fraction of sp³-hybridized carbons (Fsp3) is 0.579. The molecule has 0 heterocycles. The molecule has 144 valence electrons. The van der Waals surface area contributed by atoms with Gasteiger partial charge in [-0.05, 0) is 39.0 Å². The highest BCUT2D eigenvalue weighted by Crippen LogP contribution is 2.25. The lowest BCUT2D eigenvalue weighted by molar-refractivity contribution is -0.139. The fourth-order valence-electron chi connectivity index (χ4n) is 3.38. The van der Waals surface area contributed by atoms with Crippen molar-refractivity contribution in [3.63, 3.8) is 0 Å². The van der Waals surface area contributed by atoms with Crippen molar-refractivity contribution < 1.29 is 14.7 Å². The highest BCUT2D eigenvalue weighted by molar-refractivity contribution is 5.74. The summed E-state index contributed by atoms with van der Waals surface area (Å²) in [6.45, 7) is 3.25. The lowest BCUT2D eigenvalue weighted by Crippen LogP contribution is -2.56. The molecule has 1 unspecified atom stereocenters. The second-order valence-electron chi connectivity index (χ2n) is 7.02. The number of hydrogen-bond acceptors (Lipinski definition) is 4. The quantitative estimate of drug-likeness (QED) is 0.620. The van der Waals surface area contributed by atoms with Crippen LogP contribution in [-0.4, -0.2) is 72.7 Å². The van der Waals surface area contributed by atoms with Crippen LogP contribution in [0.5, 0.6) is 0 Å². The molecule has 2 rings (SSSR count). The van der Waals surface area contributed by atoms with E-state index < -0.39 is 5.97 Å². The molecule has 1 fully saturated rings. The summed E-state index contributed by atoms with van der Waals surface area (Å²) in [6.07, 6.45) is 1.59. The normalized spacial score (nSPS) is 20.5. The third kappa shape index (κ3) is 5.71. The molecule has 26 heavy (non-hydrogen) atoms. The Kier molecular flexibility index (Phi) is 7.41. The number of carboxylic acid groups (broad SMARTS) is 1. The maximum Gasteiger partial charge on any atom is 0.317 e. The van der Waals surface area contributed by atoms with Crippen molar-refractivity contribution in [3.8, 4) is 0 Å². The van der Waals surface area contributed by atoms with E-state index in [2.05, 4.69) is 27.7 Å². The molecule has 2 amide bonds. The third-order valence-electron chi connectivity index (χ3n) is 4.97. The van der Waals surface area contributed by atoms with E-state index >= 15 is 0 Å². The van der Waals surface area contributed by atoms with Gasteiger partial charge in [-0.1, -0.05) is 37.3 Å². The first-order chi connectivity index (χ1) is 12.4. The average molecular weight is 362 g/mol. The van der Waals surface area contributed by atoms with Gasteiger partial charge in [-0.25, -0.2) is 4.79 Å². The van der Waals surface area contributed by atoms with Crippen molar-refractivity contribution in [2.75, 3.05) is 33.7 Å². The molecular formula is C19H30N4O3. The highest BCUT2D eigenvalue weighted by atomic mass is 16.4. The Balaban J connectivity index is 1.75. The number of aliphatic carboxylic acids is 1. The number of carbonyl (C=O) groups is 2. The van der Waals surface area contributed by atoms with Crippen molar-refractivity contribution in [3.05, 3.63) is 35.9 Å². The van der Waals surface area contributed by atoms with Gasteiger partial charge in [0.1, 0.15) is 0 Å². The van der Waals surface area contributed by atoms with Gasteiger partial charge in [0, 0.05) is 18.6 Å². The second-order valence-corrected chi connectivity index (χ2v) is 7.02. The highest BCUT2D eigenvalue weighted by Gasteiger charge is 2.34. The largest absolute Gasteiger partial charge is 0.480 e. The smallest absolute Gasteiger partial charge is 0.317 e. The van der Waals surface area contributed by atoms with Gasteiger partial charge < -0.3 is 20.6 Å². The number of hydrogen-bond donors (Lipinski definition) is 3. The number of nitrogens with zero attached hydrogens (tertiary/aromatic N) is 2. The van der Waals surface area contributed by atoms with Crippen molar-refractivity contribution >= 4 is 12.0 Å². The molecule has 0 aliphatic heterocycles. The number of urea groups is 1. The Hall–Kier alpha value is -2.12. The number of rotatable bonds is 9. The van der Waals surface area contributed by atoms with Gasteiger partial charge in [-0.2, -0.15) is 0 Å². The first kappa shape index (κ1) is 20.2. The maximum atomic E-state index is 12.2. The molecule has 1 aromatic carbocycles. The number of nitrogens with one attached hydrogen (secondary N) is 2. The number of likely N-dealkylation sites (N-methyl/N-ethyl adjacent to an activating group) is 2. The first-order valence-electron chi connectivity index (χ1n) is 9.12. The predicted octanol–water partition coefficient (Wildman–Crippen LogP) is 1.53. The summed E-state index contributed by atoms with van der Waals surface area (Å²) in [5, 5.41) is 14.9. The minimum atomic E-state index is -0.809. The Morgan fingerprint density at radius 3 is 2.42 bits per heavy atom. The van der Waals surface area contributed by atoms with Gasteiger partial charge in [0.2, 0.25) is 0 Å². The van der Waals surface area contributed by atoms with E-state index in [1.54, 1.807) is 0 Å². The van der Waals surface area contributed by atoms with E-state index in [1.165, 1.54) is 0 Å². The lowest BCUT2D eigenvalue weighted by atomic mass is 9.85. The molecule has 0 saturated heterocycles. The van der Waals surface area contributed by atoms with Crippen molar-refractivity contribution in [2.45, 2.75) is 37.9 Å². The summed E-state index contributed by atoms with van der Waals surface area (Å²) in [5.41, 5.74) is 1.16. The fourth-order valence-corrected chi connectivity index (χ4v) is 3.38. The van der Waals surface area contributed by atoms with E-state index in [0.29, 0.717) is 13.1 Å². The van der Waals surface area contributed by atoms with E-state index in [1.807, 2.05) is 44.1 Å². The summed E-state index contributed by atoms with van der Waals surface area (Å²) in [6, 6.07) is 10.4.